The van der Waals surface area contributed by atoms with Crippen molar-refractivity contribution >= 4 is 34.7 Å². The highest BCUT2D eigenvalue weighted by Crippen LogP contribution is 2.34. The number of carbonyl (C=O) groups excluding carboxylic acids is 3. The number of thioether (sulfide) groups is 1. The fourth-order valence-corrected chi connectivity index (χ4v) is 3.48. The molecule has 0 saturated carbocycles. The van der Waals surface area contributed by atoms with Gasteiger partial charge in [-0.3, -0.25) is 24.3 Å². The van der Waals surface area contributed by atoms with Crippen LogP contribution in [0.2, 0.25) is 0 Å². The van der Waals surface area contributed by atoms with Crippen LogP contribution < -0.4 is 5.32 Å². The number of carbonyl (C=O) groups is 3. The summed E-state index contributed by atoms with van der Waals surface area (Å²) in [7, 11) is 0. The van der Waals surface area contributed by atoms with E-state index < -0.39 is 0 Å². The van der Waals surface area contributed by atoms with Crippen LogP contribution in [0.4, 0.5) is 0 Å². The van der Waals surface area contributed by atoms with E-state index in [0.717, 1.165) is 10.7 Å². The van der Waals surface area contributed by atoms with Gasteiger partial charge in [-0.2, -0.15) is 0 Å². The average Bonchev–Trinajstić information content (AvgIpc) is 3.03. The number of fused-ring (bicyclic) bond motifs is 1. The van der Waals surface area contributed by atoms with Gasteiger partial charge in [0.1, 0.15) is 6.54 Å². The van der Waals surface area contributed by atoms with E-state index >= 15 is 0 Å². The third-order valence-electron chi connectivity index (χ3n) is 3.73. The van der Waals surface area contributed by atoms with Crippen LogP contribution in [0.1, 0.15) is 12.8 Å². The van der Waals surface area contributed by atoms with E-state index in [1.165, 1.54) is 11.8 Å². The van der Waals surface area contributed by atoms with Gasteiger partial charge in [-0.05, 0) is 12.8 Å². The molecule has 2 heterocycles. The molecule has 0 bridgehead atoms. The molecule has 0 aromatic heterocycles. The maximum atomic E-state index is 12.2. The second-order valence-corrected chi connectivity index (χ2v) is 6.09. The van der Waals surface area contributed by atoms with E-state index in [1.54, 1.807) is 0 Å². The number of imide groups is 1. The lowest BCUT2D eigenvalue weighted by atomic mass is 9.85. The number of allylic oxidation sites excluding steroid dienone is 2. The van der Waals surface area contributed by atoms with Crippen LogP contribution in [0.3, 0.4) is 0 Å². The lowest BCUT2D eigenvalue weighted by Crippen LogP contribution is -2.42. The summed E-state index contributed by atoms with van der Waals surface area (Å²) in [4.78, 5) is 41.4. The number of amides is 3. The molecule has 3 amide bonds. The summed E-state index contributed by atoms with van der Waals surface area (Å²) in [5.74, 6) is -0.503. The second-order valence-electron chi connectivity index (χ2n) is 5.00. The SMILES string of the molecule is O=C(CN1C(=O)[C@H]2CC=CC[C@H]2C1=O)NC1=NCCS1. The third kappa shape index (κ3) is 2.37. The molecule has 1 N–H and O–H groups in total. The number of nitrogens with zero attached hydrogens (tertiary/aromatic N) is 2. The van der Waals surface area contributed by atoms with Crippen molar-refractivity contribution < 1.29 is 14.4 Å². The van der Waals surface area contributed by atoms with Gasteiger partial charge in [-0.15, -0.1) is 0 Å². The van der Waals surface area contributed by atoms with E-state index in [-0.39, 0.29) is 36.1 Å². The molecule has 0 aromatic carbocycles. The Morgan fingerprint density at radius 3 is 2.50 bits per heavy atom. The molecule has 106 valence electrons. The largest absolute Gasteiger partial charge is 0.304 e. The van der Waals surface area contributed by atoms with Gasteiger partial charge in [-0.25, -0.2) is 0 Å². The van der Waals surface area contributed by atoms with Crippen molar-refractivity contribution in [3.05, 3.63) is 12.2 Å². The first-order valence-corrected chi connectivity index (χ1v) is 7.62. The van der Waals surface area contributed by atoms with E-state index in [1.807, 2.05) is 12.2 Å². The summed E-state index contributed by atoms with van der Waals surface area (Å²) in [5, 5.41) is 3.22. The minimum absolute atomic E-state index is 0.204. The minimum Gasteiger partial charge on any atom is -0.304 e. The van der Waals surface area contributed by atoms with Crippen LogP contribution in [-0.4, -0.2) is 46.6 Å². The van der Waals surface area contributed by atoms with Gasteiger partial charge >= 0.3 is 0 Å². The molecule has 2 aliphatic heterocycles. The van der Waals surface area contributed by atoms with Crippen molar-refractivity contribution in [3.8, 4) is 0 Å². The molecule has 20 heavy (non-hydrogen) atoms. The number of amidine groups is 1. The first-order valence-electron chi connectivity index (χ1n) is 6.64. The third-order valence-corrected chi connectivity index (χ3v) is 4.62. The van der Waals surface area contributed by atoms with Crippen molar-refractivity contribution in [2.75, 3.05) is 18.8 Å². The molecule has 6 nitrogen and oxygen atoms in total. The zero-order valence-corrected chi connectivity index (χ0v) is 11.7. The number of aliphatic imine (C=N–C) groups is 1. The summed E-state index contributed by atoms with van der Waals surface area (Å²) >= 11 is 1.47. The Bertz CT molecular complexity index is 503. The standard InChI is InChI=1S/C13H15N3O3S/c17-10(15-13-14-5-6-20-13)7-16-11(18)8-3-1-2-4-9(8)12(16)19/h1-2,8-9H,3-7H2,(H,14,15,17)/t8-,9+. The van der Waals surface area contributed by atoms with Crippen LogP contribution in [0.25, 0.3) is 0 Å². The van der Waals surface area contributed by atoms with Crippen LogP contribution in [0, 0.1) is 11.8 Å². The molecule has 0 aromatic rings. The van der Waals surface area contributed by atoms with Crippen LogP contribution >= 0.6 is 11.8 Å². The molecular formula is C13H15N3O3S. The number of nitrogens with one attached hydrogen (secondary N) is 1. The van der Waals surface area contributed by atoms with E-state index in [4.69, 9.17) is 0 Å². The smallest absolute Gasteiger partial charge is 0.246 e. The molecule has 3 aliphatic rings. The lowest BCUT2D eigenvalue weighted by Gasteiger charge is -2.14. The zero-order chi connectivity index (χ0) is 14.1. The molecule has 3 rings (SSSR count). The highest BCUT2D eigenvalue weighted by Gasteiger charge is 2.47. The Morgan fingerprint density at radius 1 is 1.30 bits per heavy atom. The fourth-order valence-electron chi connectivity index (χ4n) is 2.74. The molecule has 1 saturated heterocycles. The Labute approximate surface area is 120 Å². The number of likely N-dealkylation sites (tertiary alicyclic amines) is 1. The van der Waals surface area contributed by atoms with Crippen molar-refractivity contribution in [1.29, 1.82) is 0 Å². The zero-order valence-electron chi connectivity index (χ0n) is 10.9. The number of rotatable bonds is 2. The van der Waals surface area contributed by atoms with Gasteiger partial charge in [0.25, 0.3) is 0 Å². The van der Waals surface area contributed by atoms with Crippen LogP contribution in [0.15, 0.2) is 17.1 Å². The van der Waals surface area contributed by atoms with Gasteiger partial charge in [-0.1, -0.05) is 23.9 Å². The fraction of sp³-hybridized carbons (Fsp3) is 0.538. The first-order chi connectivity index (χ1) is 9.66. The van der Waals surface area contributed by atoms with Gasteiger partial charge in [0.2, 0.25) is 17.7 Å². The van der Waals surface area contributed by atoms with Crippen molar-refractivity contribution in [3.63, 3.8) is 0 Å². The number of hydrogen-bond donors (Lipinski definition) is 1. The molecule has 0 radical (unpaired) electrons. The monoisotopic (exact) mass is 293 g/mol. The summed E-state index contributed by atoms with van der Waals surface area (Å²) in [6.07, 6.45) is 5.05. The van der Waals surface area contributed by atoms with E-state index in [2.05, 4.69) is 10.3 Å². The van der Waals surface area contributed by atoms with Crippen LogP contribution in [-0.2, 0) is 14.4 Å². The maximum absolute atomic E-state index is 12.2. The molecule has 1 aliphatic carbocycles. The Morgan fingerprint density at radius 2 is 1.95 bits per heavy atom. The Kier molecular flexibility index (Phi) is 3.60. The Balaban J connectivity index is 1.64. The highest BCUT2D eigenvalue weighted by atomic mass is 32.2. The van der Waals surface area contributed by atoms with Crippen molar-refractivity contribution in [2.24, 2.45) is 16.8 Å². The maximum Gasteiger partial charge on any atom is 0.246 e. The van der Waals surface area contributed by atoms with E-state index in [9.17, 15) is 14.4 Å². The normalized spacial score (nSPS) is 28.6. The average molecular weight is 293 g/mol. The van der Waals surface area contributed by atoms with Gasteiger partial charge in [0.05, 0.1) is 18.4 Å². The predicted octanol–water partition coefficient (Wildman–Crippen LogP) is 0.157. The van der Waals surface area contributed by atoms with Crippen LogP contribution in [0.5, 0.6) is 0 Å². The predicted molar refractivity (Wildman–Crippen MR) is 75.0 cm³/mol. The number of hydrogen-bond acceptors (Lipinski definition) is 5. The highest BCUT2D eigenvalue weighted by molar-refractivity contribution is 8.14. The quantitative estimate of drug-likeness (QED) is 0.581. The molecule has 2 atom stereocenters. The summed E-state index contributed by atoms with van der Waals surface area (Å²) in [5.41, 5.74) is 0. The Hall–Kier alpha value is -1.63. The van der Waals surface area contributed by atoms with Gasteiger partial charge in [0, 0.05) is 5.75 Å². The van der Waals surface area contributed by atoms with Gasteiger partial charge < -0.3 is 5.32 Å². The molecule has 1 fully saturated rings. The van der Waals surface area contributed by atoms with Gasteiger partial charge in [0.15, 0.2) is 5.17 Å². The summed E-state index contributed by atoms with van der Waals surface area (Å²) in [6.45, 7) is 0.488. The first kappa shape index (κ1) is 13.4. The second kappa shape index (κ2) is 5.40. The molecule has 0 spiro atoms. The van der Waals surface area contributed by atoms with E-state index in [0.29, 0.717) is 24.6 Å². The molecule has 7 heteroatoms. The minimum atomic E-state index is -0.355. The van der Waals surface area contributed by atoms with Crippen molar-refractivity contribution in [1.82, 2.24) is 10.2 Å². The topological polar surface area (TPSA) is 78.8 Å². The molecule has 0 unspecified atom stereocenters. The summed E-state index contributed by atoms with van der Waals surface area (Å²) < 4.78 is 0. The molecular weight excluding hydrogens is 278 g/mol. The van der Waals surface area contributed by atoms with Crippen molar-refractivity contribution in [2.45, 2.75) is 12.8 Å². The lowest BCUT2D eigenvalue weighted by molar-refractivity contribution is -0.143. The summed E-state index contributed by atoms with van der Waals surface area (Å²) in [6, 6.07) is 0.